The van der Waals surface area contributed by atoms with E-state index < -0.39 is 6.10 Å². The molecule has 1 atom stereocenters. The van der Waals surface area contributed by atoms with E-state index in [-0.39, 0.29) is 5.91 Å². The molecule has 128 valence electrons. The Morgan fingerprint density at radius 2 is 1.72 bits per heavy atom. The first-order valence-corrected chi connectivity index (χ1v) is 8.35. The zero-order chi connectivity index (χ0) is 17.6. The summed E-state index contributed by atoms with van der Waals surface area (Å²) in [5.74, 6) is 1.28. The SMILES string of the molecule is CCOc1ccc(NC(=O)[C@@H](C)Oc2cccc3ccccc23)cc1. The van der Waals surface area contributed by atoms with Gasteiger partial charge in [-0.3, -0.25) is 4.79 Å². The third-order valence-corrected chi connectivity index (χ3v) is 3.86. The number of nitrogens with one attached hydrogen (secondary N) is 1. The number of carbonyl (C=O) groups is 1. The molecule has 0 aliphatic heterocycles. The number of rotatable bonds is 6. The van der Waals surface area contributed by atoms with E-state index >= 15 is 0 Å². The lowest BCUT2D eigenvalue weighted by Crippen LogP contribution is -2.30. The highest BCUT2D eigenvalue weighted by atomic mass is 16.5. The van der Waals surface area contributed by atoms with Crippen LogP contribution in [0.15, 0.2) is 66.7 Å². The highest BCUT2D eigenvalue weighted by Crippen LogP contribution is 2.26. The molecule has 0 saturated carbocycles. The molecule has 0 bridgehead atoms. The van der Waals surface area contributed by atoms with Crippen LogP contribution in [0.2, 0.25) is 0 Å². The lowest BCUT2D eigenvalue weighted by atomic mass is 10.1. The molecule has 1 amide bonds. The van der Waals surface area contributed by atoms with Gasteiger partial charge in [-0.05, 0) is 49.6 Å². The summed E-state index contributed by atoms with van der Waals surface area (Å²) in [6.07, 6.45) is -0.614. The van der Waals surface area contributed by atoms with E-state index in [4.69, 9.17) is 9.47 Å². The van der Waals surface area contributed by atoms with Crippen molar-refractivity contribution in [2.75, 3.05) is 11.9 Å². The molecule has 3 aromatic rings. The lowest BCUT2D eigenvalue weighted by molar-refractivity contribution is -0.122. The van der Waals surface area contributed by atoms with Crippen LogP contribution in [0.4, 0.5) is 5.69 Å². The average Bonchev–Trinajstić information content (AvgIpc) is 2.64. The van der Waals surface area contributed by atoms with Crippen LogP contribution in [0.5, 0.6) is 11.5 Å². The molecule has 4 heteroatoms. The summed E-state index contributed by atoms with van der Waals surface area (Å²) in [6, 6.07) is 21.1. The predicted octanol–water partition coefficient (Wildman–Crippen LogP) is 4.64. The van der Waals surface area contributed by atoms with Crippen LogP contribution in [0.3, 0.4) is 0 Å². The van der Waals surface area contributed by atoms with Crippen LogP contribution in [-0.4, -0.2) is 18.6 Å². The highest BCUT2D eigenvalue weighted by molar-refractivity contribution is 5.95. The van der Waals surface area contributed by atoms with E-state index in [9.17, 15) is 4.79 Å². The number of anilines is 1. The van der Waals surface area contributed by atoms with E-state index in [1.807, 2.05) is 73.7 Å². The summed E-state index contributed by atoms with van der Waals surface area (Å²) in [5, 5.41) is 4.93. The van der Waals surface area contributed by atoms with Crippen molar-refractivity contribution in [3.63, 3.8) is 0 Å². The van der Waals surface area contributed by atoms with Crippen molar-refractivity contribution in [1.82, 2.24) is 0 Å². The van der Waals surface area contributed by atoms with Crippen molar-refractivity contribution in [3.8, 4) is 11.5 Å². The maximum absolute atomic E-state index is 12.4. The first kappa shape index (κ1) is 16.8. The summed E-state index contributed by atoms with van der Waals surface area (Å²) < 4.78 is 11.3. The molecule has 0 fully saturated rings. The van der Waals surface area contributed by atoms with Gasteiger partial charge in [-0.2, -0.15) is 0 Å². The summed E-state index contributed by atoms with van der Waals surface area (Å²) in [6.45, 7) is 4.29. The number of fused-ring (bicyclic) bond motifs is 1. The van der Waals surface area contributed by atoms with E-state index in [0.717, 1.165) is 16.5 Å². The summed E-state index contributed by atoms with van der Waals surface area (Å²) in [7, 11) is 0. The molecule has 3 rings (SSSR count). The fourth-order valence-electron chi connectivity index (χ4n) is 2.59. The molecule has 1 N–H and O–H groups in total. The van der Waals surface area contributed by atoms with Gasteiger partial charge < -0.3 is 14.8 Å². The second-order valence-electron chi connectivity index (χ2n) is 5.68. The smallest absolute Gasteiger partial charge is 0.265 e. The van der Waals surface area contributed by atoms with Gasteiger partial charge in [-0.25, -0.2) is 0 Å². The van der Waals surface area contributed by atoms with Crippen molar-refractivity contribution in [2.45, 2.75) is 20.0 Å². The van der Waals surface area contributed by atoms with Crippen LogP contribution >= 0.6 is 0 Å². The molecule has 0 aliphatic carbocycles. The number of ether oxygens (including phenoxy) is 2. The molecule has 0 aromatic heterocycles. The molecule has 0 radical (unpaired) electrons. The third kappa shape index (κ3) is 4.10. The summed E-state index contributed by atoms with van der Waals surface area (Å²) in [5.41, 5.74) is 0.710. The Morgan fingerprint density at radius 1 is 1.00 bits per heavy atom. The Kier molecular flexibility index (Phi) is 5.19. The fourth-order valence-corrected chi connectivity index (χ4v) is 2.59. The number of benzene rings is 3. The lowest BCUT2D eigenvalue weighted by Gasteiger charge is -2.16. The molecule has 0 unspecified atom stereocenters. The van der Waals surface area contributed by atoms with E-state index in [1.165, 1.54) is 0 Å². The molecular formula is C21H21NO3. The minimum absolute atomic E-state index is 0.197. The molecule has 0 spiro atoms. The first-order valence-electron chi connectivity index (χ1n) is 8.35. The van der Waals surface area contributed by atoms with E-state index in [2.05, 4.69) is 5.32 Å². The fraction of sp³-hybridized carbons (Fsp3) is 0.190. The van der Waals surface area contributed by atoms with Crippen LogP contribution in [0, 0.1) is 0 Å². The normalized spacial score (nSPS) is 11.8. The first-order chi connectivity index (χ1) is 12.2. The Labute approximate surface area is 147 Å². The molecule has 0 aliphatic rings. The molecular weight excluding hydrogens is 314 g/mol. The zero-order valence-electron chi connectivity index (χ0n) is 14.4. The number of amides is 1. The quantitative estimate of drug-likeness (QED) is 0.713. The van der Waals surface area contributed by atoms with Gasteiger partial charge in [0.25, 0.3) is 5.91 Å². The van der Waals surface area contributed by atoms with Crippen molar-refractivity contribution in [3.05, 3.63) is 66.7 Å². The van der Waals surface area contributed by atoms with Gasteiger partial charge in [0, 0.05) is 11.1 Å². The van der Waals surface area contributed by atoms with Crippen LogP contribution < -0.4 is 14.8 Å². The Morgan fingerprint density at radius 3 is 2.48 bits per heavy atom. The van der Waals surface area contributed by atoms with Gasteiger partial charge in [0.05, 0.1) is 6.61 Å². The van der Waals surface area contributed by atoms with Gasteiger partial charge in [0.1, 0.15) is 11.5 Å². The van der Waals surface area contributed by atoms with Gasteiger partial charge in [0.15, 0.2) is 6.10 Å². The molecule has 4 nitrogen and oxygen atoms in total. The van der Waals surface area contributed by atoms with Crippen molar-refractivity contribution >= 4 is 22.4 Å². The minimum Gasteiger partial charge on any atom is -0.494 e. The molecule has 25 heavy (non-hydrogen) atoms. The number of carbonyl (C=O) groups excluding carboxylic acids is 1. The maximum atomic E-state index is 12.4. The van der Waals surface area contributed by atoms with E-state index in [0.29, 0.717) is 18.0 Å². The Hall–Kier alpha value is -3.01. The number of hydrogen-bond donors (Lipinski definition) is 1. The standard InChI is InChI=1S/C21H21NO3/c1-3-24-18-13-11-17(12-14-18)22-21(23)15(2)25-20-10-6-8-16-7-4-5-9-19(16)20/h4-15H,3H2,1-2H3,(H,22,23)/t15-/m1/s1. The highest BCUT2D eigenvalue weighted by Gasteiger charge is 2.16. The zero-order valence-corrected chi connectivity index (χ0v) is 14.4. The van der Waals surface area contributed by atoms with E-state index in [1.54, 1.807) is 6.92 Å². The van der Waals surface area contributed by atoms with Crippen LogP contribution in [0.1, 0.15) is 13.8 Å². The van der Waals surface area contributed by atoms with Gasteiger partial charge in [0.2, 0.25) is 0 Å². The topological polar surface area (TPSA) is 47.6 Å². The average molecular weight is 335 g/mol. The van der Waals surface area contributed by atoms with Gasteiger partial charge in [-0.15, -0.1) is 0 Å². The number of hydrogen-bond acceptors (Lipinski definition) is 3. The van der Waals surface area contributed by atoms with Crippen molar-refractivity contribution in [2.24, 2.45) is 0 Å². The third-order valence-electron chi connectivity index (χ3n) is 3.86. The van der Waals surface area contributed by atoms with Gasteiger partial charge >= 0.3 is 0 Å². The molecule has 0 saturated heterocycles. The molecule has 3 aromatic carbocycles. The minimum atomic E-state index is -0.614. The van der Waals surface area contributed by atoms with Crippen molar-refractivity contribution in [1.29, 1.82) is 0 Å². The summed E-state index contributed by atoms with van der Waals surface area (Å²) >= 11 is 0. The Bertz CT molecular complexity index is 853. The van der Waals surface area contributed by atoms with Crippen LogP contribution in [0.25, 0.3) is 10.8 Å². The van der Waals surface area contributed by atoms with Crippen LogP contribution in [-0.2, 0) is 4.79 Å². The van der Waals surface area contributed by atoms with Crippen molar-refractivity contribution < 1.29 is 14.3 Å². The van der Waals surface area contributed by atoms with Gasteiger partial charge in [-0.1, -0.05) is 36.4 Å². The largest absolute Gasteiger partial charge is 0.494 e. The monoisotopic (exact) mass is 335 g/mol. The second kappa shape index (κ2) is 7.71. The second-order valence-corrected chi connectivity index (χ2v) is 5.68. The predicted molar refractivity (Wildman–Crippen MR) is 100 cm³/mol. The maximum Gasteiger partial charge on any atom is 0.265 e. The summed E-state index contributed by atoms with van der Waals surface area (Å²) in [4.78, 5) is 12.4. The molecule has 0 heterocycles. The Balaban J connectivity index is 1.68.